The van der Waals surface area contributed by atoms with Crippen LogP contribution < -0.4 is 0 Å². The second-order valence-electron chi connectivity index (χ2n) is 7.79. The van der Waals surface area contributed by atoms with Crippen molar-refractivity contribution >= 4 is 5.78 Å². The molecule has 3 atom stereocenters. The molecule has 0 aromatic heterocycles. The summed E-state index contributed by atoms with van der Waals surface area (Å²) in [7, 11) is 1.57. The minimum Gasteiger partial charge on any atom is -0.381 e. The first-order valence-corrected chi connectivity index (χ1v) is 10.7. The molecule has 0 aliphatic rings. The van der Waals surface area contributed by atoms with Crippen molar-refractivity contribution in [1.82, 2.24) is 0 Å². The van der Waals surface area contributed by atoms with Gasteiger partial charge in [-0.15, -0.1) is 0 Å². The van der Waals surface area contributed by atoms with Crippen LogP contribution in [0.15, 0.2) is 121 Å². The van der Waals surface area contributed by atoms with Crippen molar-refractivity contribution < 1.29 is 14.6 Å². The topological polar surface area (TPSA) is 46.5 Å². The van der Waals surface area contributed by atoms with Crippen LogP contribution in [0.4, 0.5) is 0 Å². The van der Waals surface area contributed by atoms with E-state index in [1.54, 1.807) is 19.2 Å². The van der Waals surface area contributed by atoms with Crippen molar-refractivity contribution in [3.8, 4) is 0 Å². The van der Waals surface area contributed by atoms with Gasteiger partial charge in [0.15, 0.2) is 5.78 Å². The third kappa shape index (κ3) is 4.13. The zero-order valence-electron chi connectivity index (χ0n) is 18.0. The fourth-order valence-corrected chi connectivity index (χ4v) is 4.39. The first kappa shape index (κ1) is 21.7. The molecule has 0 amide bonds. The Kier molecular flexibility index (Phi) is 6.60. The number of Topliss-reactive ketones (excluding diaryl/α,β-unsaturated/α-hetero) is 1. The maximum atomic E-state index is 14.0. The van der Waals surface area contributed by atoms with Crippen molar-refractivity contribution in [1.29, 1.82) is 0 Å². The molecule has 0 aliphatic carbocycles. The SMILES string of the molecule is CO[C@@H](c1ccccc1)[C@](O)(c1ccccc1)[C@@H](C(=O)c1ccccc1)c1ccccc1. The highest BCUT2D eigenvalue weighted by Gasteiger charge is 2.50. The van der Waals surface area contributed by atoms with E-state index in [0.717, 1.165) is 11.1 Å². The highest BCUT2D eigenvalue weighted by Crippen LogP contribution is 2.48. The summed E-state index contributed by atoms with van der Waals surface area (Å²) in [6.45, 7) is 0. The van der Waals surface area contributed by atoms with E-state index in [-0.39, 0.29) is 5.78 Å². The van der Waals surface area contributed by atoms with Crippen molar-refractivity contribution in [2.75, 3.05) is 7.11 Å². The summed E-state index contributed by atoms with van der Waals surface area (Å²) in [6, 6.07) is 37.5. The Morgan fingerprint density at radius 2 is 1.12 bits per heavy atom. The number of aliphatic hydroxyl groups is 1. The lowest BCUT2D eigenvalue weighted by atomic mass is 9.69. The summed E-state index contributed by atoms with van der Waals surface area (Å²) < 4.78 is 5.94. The molecule has 0 heterocycles. The zero-order chi connectivity index (χ0) is 22.4. The van der Waals surface area contributed by atoms with Crippen LogP contribution in [0.3, 0.4) is 0 Å². The van der Waals surface area contributed by atoms with Gasteiger partial charge in [-0.3, -0.25) is 4.79 Å². The predicted octanol–water partition coefficient (Wildman–Crippen LogP) is 5.93. The molecule has 4 rings (SSSR count). The van der Waals surface area contributed by atoms with E-state index < -0.39 is 17.6 Å². The van der Waals surface area contributed by atoms with Crippen molar-refractivity contribution in [3.05, 3.63) is 144 Å². The minimum atomic E-state index is -1.66. The first-order chi connectivity index (χ1) is 15.7. The number of hydrogen-bond donors (Lipinski definition) is 1. The van der Waals surface area contributed by atoms with Crippen LogP contribution in [0.5, 0.6) is 0 Å². The fourth-order valence-electron chi connectivity index (χ4n) is 4.39. The molecular weight excluding hydrogens is 396 g/mol. The van der Waals surface area contributed by atoms with E-state index in [9.17, 15) is 9.90 Å². The average Bonchev–Trinajstić information content (AvgIpc) is 2.87. The molecule has 4 aromatic carbocycles. The molecule has 0 spiro atoms. The lowest BCUT2D eigenvalue weighted by Gasteiger charge is -2.41. The minimum absolute atomic E-state index is 0.166. The Hall–Kier alpha value is -3.53. The van der Waals surface area contributed by atoms with Crippen LogP contribution in [0, 0.1) is 0 Å². The number of methoxy groups -OCH3 is 1. The van der Waals surface area contributed by atoms with Crippen molar-refractivity contribution in [2.24, 2.45) is 0 Å². The van der Waals surface area contributed by atoms with Gasteiger partial charge < -0.3 is 9.84 Å². The molecule has 0 radical (unpaired) electrons. The number of benzene rings is 4. The van der Waals surface area contributed by atoms with Crippen LogP contribution in [0.25, 0.3) is 0 Å². The number of hydrogen-bond acceptors (Lipinski definition) is 3. The highest BCUT2D eigenvalue weighted by molar-refractivity contribution is 6.02. The molecule has 3 heteroatoms. The Bertz CT molecular complexity index is 1130. The third-order valence-corrected chi connectivity index (χ3v) is 5.87. The summed E-state index contributed by atoms with van der Waals surface area (Å²) >= 11 is 0. The molecule has 1 N–H and O–H groups in total. The molecule has 4 aromatic rings. The van der Waals surface area contributed by atoms with Gasteiger partial charge >= 0.3 is 0 Å². The second kappa shape index (κ2) is 9.73. The van der Waals surface area contributed by atoms with Crippen LogP contribution in [0.2, 0.25) is 0 Å². The van der Waals surface area contributed by atoms with Gasteiger partial charge in [0, 0.05) is 12.7 Å². The van der Waals surface area contributed by atoms with E-state index >= 15 is 0 Å². The maximum absolute atomic E-state index is 14.0. The number of carbonyl (C=O) groups is 1. The van der Waals surface area contributed by atoms with E-state index in [4.69, 9.17) is 4.74 Å². The lowest BCUT2D eigenvalue weighted by molar-refractivity contribution is -0.112. The molecule has 0 saturated carbocycles. The van der Waals surface area contributed by atoms with Crippen molar-refractivity contribution in [3.63, 3.8) is 0 Å². The number of ketones is 1. The number of rotatable bonds is 8. The lowest BCUT2D eigenvalue weighted by Crippen LogP contribution is -2.44. The molecule has 32 heavy (non-hydrogen) atoms. The highest BCUT2D eigenvalue weighted by atomic mass is 16.5. The Balaban J connectivity index is 1.98. The number of carbonyl (C=O) groups excluding carboxylic acids is 1. The monoisotopic (exact) mass is 422 g/mol. The summed E-state index contributed by atoms with van der Waals surface area (Å²) in [5.41, 5.74) is 1.02. The smallest absolute Gasteiger partial charge is 0.173 e. The quantitative estimate of drug-likeness (QED) is 0.358. The van der Waals surface area contributed by atoms with Gasteiger partial charge in [-0.05, 0) is 16.7 Å². The van der Waals surface area contributed by atoms with Crippen LogP contribution >= 0.6 is 0 Å². The Morgan fingerprint density at radius 1 is 0.688 bits per heavy atom. The van der Waals surface area contributed by atoms with Crippen LogP contribution in [0.1, 0.15) is 39.1 Å². The Morgan fingerprint density at radius 3 is 1.62 bits per heavy atom. The molecule has 0 saturated heterocycles. The van der Waals surface area contributed by atoms with Gasteiger partial charge in [0.05, 0.1) is 5.92 Å². The molecular formula is C29H26O3. The van der Waals surface area contributed by atoms with Gasteiger partial charge in [0.2, 0.25) is 0 Å². The molecule has 0 bridgehead atoms. The fraction of sp³-hybridized carbons (Fsp3) is 0.138. The molecule has 3 nitrogen and oxygen atoms in total. The Labute approximate surface area is 188 Å². The van der Waals surface area contributed by atoms with Gasteiger partial charge in [-0.25, -0.2) is 0 Å². The van der Waals surface area contributed by atoms with E-state index in [2.05, 4.69) is 0 Å². The van der Waals surface area contributed by atoms with Gasteiger partial charge in [-0.1, -0.05) is 121 Å². The van der Waals surface area contributed by atoms with Gasteiger partial charge in [0.1, 0.15) is 11.7 Å². The van der Waals surface area contributed by atoms with Crippen LogP contribution in [-0.4, -0.2) is 18.0 Å². The summed E-state index contributed by atoms with van der Waals surface area (Å²) in [4.78, 5) is 14.0. The molecule has 0 fully saturated rings. The van der Waals surface area contributed by atoms with Gasteiger partial charge in [-0.2, -0.15) is 0 Å². The normalized spacial score (nSPS) is 14.8. The average molecular weight is 423 g/mol. The van der Waals surface area contributed by atoms with E-state index in [1.807, 2.05) is 109 Å². The molecule has 0 aliphatic heterocycles. The second-order valence-corrected chi connectivity index (χ2v) is 7.79. The van der Waals surface area contributed by atoms with E-state index in [1.165, 1.54) is 0 Å². The number of ether oxygens (including phenoxy) is 1. The standard InChI is InChI=1S/C29H26O3/c1-32-28(24-18-10-4-11-19-24)29(31,25-20-12-5-13-21-25)26(22-14-6-2-7-15-22)27(30)23-16-8-3-9-17-23/h2-21,26,28,31H,1H3/t26-,28+,29+/m1/s1. The third-order valence-electron chi connectivity index (χ3n) is 5.87. The summed E-state index contributed by atoms with van der Waals surface area (Å²) in [5, 5.41) is 12.6. The zero-order valence-corrected chi connectivity index (χ0v) is 18.0. The van der Waals surface area contributed by atoms with Gasteiger partial charge in [0.25, 0.3) is 0 Å². The van der Waals surface area contributed by atoms with Crippen LogP contribution in [-0.2, 0) is 10.3 Å². The van der Waals surface area contributed by atoms with Crippen molar-refractivity contribution in [2.45, 2.75) is 17.6 Å². The summed E-state index contributed by atoms with van der Waals surface area (Å²) in [5.74, 6) is -1.06. The maximum Gasteiger partial charge on any atom is 0.173 e. The first-order valence-electron chi connectivity index (χ1n) is 10.7. The predicted molar refractivity (Wildman–Crippen MR) is 126 cm³/mol. The van der Waals surface area contributed by atoms with E-state index in [0.29, 0.717) is 11.1 Å². The largest absolute Gasteiger partial charge is 0.381 e. The summed E-state index contributed by atoms with van der Waals surface area (Å²) in [6.07, 6.45) is -0.774. The molecule has 160 valence electrons. The molecule has 0 unspecified atom stereocenters.